The zero-order chi connectivity index (χ0) is 17.5. The molecule has 6 nitrogen and oxygen atoms in total. The summed E-state index contributed by atoms with van der Waals surface area (Å²) in [4.78, 5) is 14.6. The molecule has 1 heterocycles. The molecular formula is C17H26ClN4O2+. The van der Waals surface area contributed by atoms with Gasteiger partial charge < -0.3 is 9.64 Å². The van der Waals surface area contributed by atoms with Gasteiger partial charge in [0.1, 0.15) is 0 Å². The van der Waals surface area contributed by atoms with Crippen molar-refractivity contribution in [3.63, 3.8) is 0 Å². The summed E-state index contributed by atoms with van der Waals surface area (Å²) in [6.07, 6.45) is 2.01. The molecule has 1 aliphatic heterocycles. The molecule has 0 saturated carbocycles. The minimum atomic E-state index is -0.376. The fourth-order valence-corrected chi connectivity index (χ4v) is 2.92. The molecule has 1 aromatic rings. The summed E-state index contributed by atoms with van der Waals surface area (Å²) in [5.74, 6) is 0.0183. The van der Waals surface area contributed by atoms with Crippen molar-refractivity contribution >= 4 is 29.1 Å². The van der Waals surface area contributed by atoms with E-state index in [9.17, 15) is 4.79 Å². The second-order valence-electron chi connectivity index (χ2n) is 5.94. The first-order valence-electron chi connectivity index (χ1n) is 8.25. The largest absolute Gasteiger partial charge is 0.457 e. The number of piperidine rings is 1. The second-order valence-corrected chi connectivity index (χ2v) is 6.35. The monoisotopic (exact) mass is 353 g/mol. The van der Waals surface area contributed by atoms with Crippen LogP contribution in [0.1, 0.15) is 19.8 Å². The molecule has 0 atom stereocenters. The molecule has 132 valence electrons. The van der Waals surface area contributed by atoms with E-state index in [1.54, 1.807) is 13.0 Å². The zero-order valence-electron chi connectivity index (χ0n) is 14.5. The molecule has 0 unspecified atom stereocenters. The molecule has 0 spiro atoms. The van der Waals surface area contributed by atoms with E-state index in [2.05, 4.69) is 22.8 Å². The molecule has 0 aliphatic carbocycles. The van der Waals surface area contributed by atoms with Crippen molar-refractivity contribution < 1.29 is 14.1 Å². The first-order valence-corrected chi connectivity index (χ1v) is 8.62. The van der Waals surface area contributed by atoms with Gasteiger partial charge in [-0.3, -0.25) is 4.58 Å². The van der Waals surface area contributed by atoms with E-state index in [0.29, 0.717) is 29.2 Å². The van der Waals surface area contributed by atoms with Gasteiger partial charge in [-0.15, -0.1) is 0 Å². The second kappa shape index (κ2) is 8.89. The van der Waals surface area contributed by atoms with Gasteiger partial charge in [-0.25, -0.2) is 10.2 Å². The van der Waals surface area contributed by atoms with Gasteiger partial charge in [0.15, 0.2) is 0 Å². The van der Waals surface area contributed by atoms with Crippen molar-refractivity contribution in [1.82, 2.24) is 10.3 Å². The maximum atomic E-state index is 12.4. The molecule has 2 N–H and O–H groups in total. The predicted octanol–water partition coefficient (Wildman–Crippen LogP) is 1.95. The summed E-state index contributed by atoms with van der Waals surface area (Å²) >= 11 is 6.15. The van der Waals surface area contributed by atoms with Crippen LogP contribution in [-0.2, 0) is 9.53 Å². The molecular weight excluding hydrogens is 328 g/mol. The summed E-state index contributed by atoms with van der Waals surface area (Å²) < 4.78 is 7.16. The van der Waals surface area contributed by atoms with Crippen molar-refractivity contribution in [2.24, 2.45) is 0 Å². The molecule has 1 aliphatic rings. The zero-order valence-corrected chi connectivity index (χ0v) is 15.3. The van der Waals surface area contributed by atoms with E-state index in [-0.39, 0.29) is 5.97 Å². The standard InChI is InChI=1S/C17H25ClN4O2/c1-4-24-17(23)16(20-19-15-8-6-5-7-14(15)18)22(3)13-9-11-21(2)12-10-13/h5-8,13H,4,9-12H2,1-3H3,(H,19,23)/p+1. The van der Waals surface area contributed by atoms with Crippen LogP contribution in [0.5, 0.6) is 0 Å². The molecule has 7 heteroatoms. The third kappa shape index (κ3) is 4.85. The molecule has 1 aromatic carbocycles. The van der Waals surface area contributed by atoms with E-state index >= 15 is 0 Å². The molecule has 1 saturated heterocycles. The highest BCUT2D eigenvalue weighted by molar-refractivity contribution is 6.34. The summed E-state index contributed by atoms with van der Waals surface area (Å²) in [5.41, 5.74) is 6.71. The number of hydrazine groups is 1. The number of amidine groups is 1. The highest BCUT2D eigenvalue weighted by atomic mass is 35.5. The Balaban J connectivity index is 2.16. The van der Waals surface area contributed by atoms with E-state index in [0.717, 1.165) is 25.9 Å². The Hall–Kier alpha value is -1.79. The maximum absolute atomic E-state index is 12.4. The van der Waals surface area contributed by atoms with Gasteiger partial charge in [0, 0.05) is 25.9 Å². The number of likely N-dealkylation sites (tertiary alicyclic amines) is 1. The lowest BCUT2D eigenvalue weighted by molar-refractivity contribution is -0.543. The van der Waals surface area contributed by atoms with Crippen molar-refractivity contribution in [3.05, 3.63) is 29.3 Å². The number of anilines is 1. The quantitative estimate of drug-likeness (QED) is 0.285. The molecule has 2 rings (SSSR count). The number of nitrogens with one attached hydrogen (secondary N) is 2. The predicted molar refractivity (Wildman–Crippen MR) is 96.6 cm³/mol. The average molecular weight is 354 g/mol. The lowest BCUT2D eigenvalue weighted by Gasteiger charge is -2.28. The third-order valence-electron chi connectivity index (χ3n) is 4.25. The fraction of sp³-hybridized carbons (Fsp3) is 0.529. The summed E-state index contributed by atoms with van der Waals surface area (Å²) in [7, 11) is 4.03. The molecule has 0 aromatic heterocycles. The number of carbonyl (C=O) groups is 1. The summed E-state index contributed by atoms with van der Waals surface area (Å²) in [6, 6.07) is 7.65. The van der Waals surface area contributed by atoms with Crippen molar-refractivity contribution in [2.75, 3.05) is 39.2 Å². The molecule has 1 fully saturated rings. The van der Waals surface area contributed by atoms with Crippen LogP contribution in [0.3, 0.4) is 0 Å². The van der Waals surface area contributed by atoms with Crippen molar-refractivity contribution in [2.45, 2.75) is 25.8 Å². The number of carbonyl (C=O) groups excluding carboxylic acids is 1. The SMILES string of the molecule is CCOC(=O)C(NNc1ccccc1Cl)=[N+](C)C1CCN(C)CC1. The number of hydrogen-bond acceptors (Lipinski definition) is 4. The number of ether oxygens (including phenoxy) is 1. The van der Waals surface area contributed by atoms with E-state index in [1.807, 2.05) is 29.8 Å². The number of nitrogens with zero attached hydrogens (tertiary/aromatic N) is 2. The van der Waals surface area contributed by atoms with Crippen LogP contribution in [0.25, 0.3) is 0 Å². The minimum Gasteiger partial charge on any atom is -0.457 e. The van der Waals surface area contributed by atoms with Gasteiger partial charge in [0.05, 0.1) is 30.4 Å². The highest BCUT2D eigenvalue weighted by Crippen LogP contribution is 2.19. The van der Waals surface area contributed by atoms with Crippen LogP contribution in [0, 0.1) is 0 Å². The number of esters is 1. The smallest absolute Gasteiger partial charge is 0.423 e. The summed E-state index contributed by atoms with van der Waals surface area (Å²) in [6.45, 7) is 4.16. The Morgan fingerprint density at radius 2 is 2.04 bits per heavy atom. The van der Waals surface area contributed by atoms with Crippen LogP contribution in [-0.4, -0.2) is 61.1 Å². The van der Waals surface area contributed by atoms with E-state index in [4.69, 9.17) is 16.3 Å². The Morgan fingerprint density at radius 3 is 2.67 bits per heavy atom. The molecule has 0 radical (unpaired) electrons. The number of para-hydroxylation sites is 1. The van der Waals surface area contributed by atoms with Crippen molar-refractivity contribution in [3.8, 4) is 0 Å². The molecule has 24 heavy (non-hydrogen) atoms. The normalized spacial score (nSPS) is 17.2. The van der Waals surface area contributed by atoms with Crippen LogP contribution in [0.2, 0.25) is 5.02 Å². The first-order chi connectivity index (χ1) is 11.5. The molecule has 0 amide bonds. The lowest BCUT2D eigenvalue weighted by atomic mass is 10.1. The minimum absolute atomic E-state index is 0.293. The Kier molecular flexibility index (Phi) is 6.87. The number of rotatable bonds is 4. The third-order valence-corrected chi connectivity index (χ3v) is 4.58. The van der Waals surface area contributed by atoms with Gasteiger partial charge in [0.25, 0.3) is 0 Å². The maximum Gasteiger partial charge on any atom is 0.423 e. The first kappa shape index (κ1) is 18.5. The number of benzene rings is 1. The number of halogens is 1. The average Bonchev–Trinajstić information content (AvgIpc) is 2.57. The van der Waals surface area contributed by atoms with Crippen LogP contribution < -0.4 is 10.9 Å². The van der Waals surface area contributed by atoms with Gasteiger partial charge in [-0.1, -0.05) is 23.7 Å². The Morgan fingerprint density at radius 1 is 1.38 bits per heavy atom. The van der Waals surface area contributed by atoms with E-state index in [1.165, 1.54) is 0 Å². The number of hydrogen-bond donors (Lipinski definition) is 2. The van der Waals surface area contributed by atoms with Crippen LogP contribution in [0.15, 0.2) is 24.3 Å². The van der Waals surface area contributed by atoms with Gasteiger partial charge >= 0.3 is 11.8 Å². The van der Waals surface area contributed by atoms with Gasteiger partial charge in [-0.2, -0.15) is 5.43 Å². The van der Waals surface area contributed by atoms with Crippen LogP contribution >= 0.6 is 11.6 Å². The van der Waals surface area contributed by atoms with E-state index < -0.39 is 0 Å². The van der Waals surface area contributed by atoms with Gasteiger partial charge in [0.2, 0.25) is 0 Å². The fourth-order valence-electron chi connectivity index (χ4n) is 2.74. The lowest BCUT2D eigenvalue weighted by Crippen LogP contribution is -2.48. The van der Waals surface area contributed by atoms with Crippen molar-refractivity contribution in [1.29, 1.82) is 0 Å². The molecule has 0 bridgehead atoms. The summed E-state index contributed by atoms with van der Waals surface area (Å²) in [5, 5.41) is 0.579. The van der Waals surface area contributed by atoms with Crippen LogP contribution in [0.4, 0.5) is 5.69 Å². The topological polar surface area (TPSA) is 56.6 Å². The van der Waals surface area contributed by atoms with Gasteiger partial charge in [-0.05, 0) is 26.1 Å². The highest BCUT2D eigenvalue weighted by Gasteiger charge is 2.29. The Labute approximate surface area is 148 Å². The Bertz CT molecular complexity index is 598.